The molecule has 0 saturated heterocycles. The minimum Gasteiger partial charge on any atom is -0.507 e. The molecule has 0 saturated carbocycles. The average Bonchev–Trinajstić information content (AvgIpc) is 3.24. The number of hydrogen-bond donors (Lipinski definition) is 1. The molecule has 2 aromatic carbocycles. The SMILES string of the molecule is CCCc1ccccc1OCCCOc1cc(O)c(-c2ccsc2)cc1CC. The molecule has 0 bridgehead atoms. The lowest BCUT2D eigenvalue weighted by Crippen LogP contribution is -2.07. The molecule has 3 nitrogen and oxygen atoms in total. The largest absolute Gasteiger partial charge is 0.507 e. The van der Waals surface area contributed by atoms with Crippen molar-refractivity contribution in [1.29, 1.82) is 0 Å². The minimum absolute atomic E-state index is 0.260. The van der Waals surface area contributed by atoms with Crippen LogP contribution in [0.1, 0.15) is 37.8 Å². The van der Waals surface area contributed by atoms with Crippen molar-refractivity contribution in [1.82, 2.24) is 0 Å². The molecule has 0 spiro atoms. The van der Waals surface area contributed by atoms with Crippen molar-refractivity contribution < 1.29 is 14.6 Å². The lowest BCUT2D eigenvalue weighted by Gasteiger charge is -2.14. The Bertz CT molecular complexity index is 872. The van der Waals surface area contributed by atoms with Gasteiger partial charge < -0.3 is 14.6 Å². The summed E-state index contributed by atoms with van der Waals surface area (Å²) >= 11 is 1.63. The molecule has 0 aliphatic carbocycles. The van der Waals surface area contributed by atoms with Crippen LogP contribution >= 0.6 is 11.3 Å². The zero-order valence-electron chi connectivity index (χ0n) is 16.6. The van der Waals surface area contributed by atoms with Crippen LogP contribution in [0.2, 0.25) is 0 Å². The molecule has 0 aliphatic heterocycles. The van der Waals surface area contributed by atoms with Crippen molar-refractivity contribution in [2.45, 2.75) is 39.5 Å². The summed E-state index contributed by atoms with van der Waals surface area (Å²) in [6, 6.07) is 14.0. The molecule has 0 aliphatic rings. The first-order valence-electron chi connectivity index (χ1n) is 9.94. The van der Waals surface area contributed by atoms with Gasteiger partial charge >= 0.3 is 0 Å². The number of hydrogen-bond acceptors (Lipinski definition) is 4. The van der Waals surface area contributed by atoms with Crippen LogP contribution in [0, 0.1) is 0 Å². The van der Waals surface area contributed by atoms with Crippen molar-refractivity contribution in [3.05, 3.63) is 64.4 Å². The van der Waals surface area contributed by atoms with Crippen molar-refractivity contribution in [2.75, 3.05) is 13.2 Å². The molecule has 28 heavy (non-hydrogen) atoms. The van der Waals surface area contributed by atoms with E-state index in [1.54, 1.807) is 17.4 Å². The van der Waals surface area contributed by atoms with E-state index in [-0.39, 0.29) is 5.75 Å². The first kappa shape index (κ1) is 20.3. The smallest absolute Gasteiger partial charge is 0.127 e. The molecule has 0 amide bonds. The number of benzene rings is 2. The summed E-state index contributed by atoms with van der Waals surface area (Å²) in [5.41, 5.74) is 4.27. The first-order valence-corrected chi connectivity index (χ1v) is 10.9. The van der Waals surface area contributed by atoms with Crippen molar-refractivity contribution in [3.63, 3.8) is 0 Å². The van der Waals surface area contributed by atoms with E-state index < -0.39 is 0 Å². The Labute approximate surface area is 171 Å². The fourth-order valence-corrected chi connectivity index (χ4v) is 3.87. The first-order chi connectivity index (χ1) is 13.7. The van der Waals surface area contributed by atoms with E-state index in [0.29, 0.717) is 13.2 Å². The van der Waals surface area contributed by atoms with Crippen LogP contribution in [0.25, 0.3) is 11.1 Å². The van der Waals surface area contributed by atoms with Gasteiger partial charge in [0.2, 0.25) is 0 Å². The summed E-state index contributed by atoms with van der Waals surface area (Å²) in [7, 11) is 0. The molecule has 3 aromatic rings. The van der Waals surface area contributed by atoms with Crippen molar-refractivity contribution in [3.8, 4) is 28.4 Å². The van der Waals surface area contributed by atoms with E-state index in [4.69, 9.17) is 9.47 Å². The van der Waals surface area contributed by atoms with Gasteiger partial charge in [0, 0.05) is 18.1 Å². The summed E-state index contributed by atoms with van der Waals surface area (Å²) in [6.07, 6.45) is 3.78. The summed E-state index contributed by atoms with van der Waals surface area (Å²) in [5, 5.41) is 14.5. The maximum absolute atomic E-state index is 10.4. The Morgan fingerprint density at radius 1 is 0.929 bits per heavy atom. The van der Waals surface area contributed by atoms with Gasteiger partial charge in [-0.15, -0.1) is 0 Å². The summed E-state index contributed by atoms with van der Waals surface area (Å²) in [6.45, 7) is 5.45. The molecular weight excluding hydrogens is 368 g/mol. The highest BCUT2D eigenvalue weighted by molar-refractivity contribution is 7.08. The fraction of sp³-hybridized carbons (Fsp3) is 0.333. The lowest BCUT2D eigenvalue weighted by atomic mass is 10.0. The highest BCUT2D eigenvalue weighted by Gasteiger charge is 2.11. The van der Waals surface area contributed by atoms with Crippen LogP contribution in [-0.4, -0.2) is 18.3 Å². The summed E-state index contributed by atoms with van der Waals surface area (Å²) in [5.74, 6) is 1.98. The van der Waals surface area contributed by atoms with E-state index >= 15 is 0 Å². The number of para-hydroxylation sites is 1. The molecular formula is C24H28O3S. The number of thiophene rings is 1. The number of ether oxygens (including phenoxy) is 2. The van der Waals surface area contributed by atoms with Crippen LogP contribution in [0.4, 0.5) is 0 Å². The Hall–Kier alpha value is -2.46. The molecule has 0 fully saturated rings. The van der Waals surface area contributed by atoms with E-state index in [1.807, 2.05) is 35.0 Å². The number of phenols is 1. The summed E-state index contributed by atoms with van der Waals surface area (Å²) in [4.78, 5) is 0. The highest BCUT2D eigenvalue weighted by Crippen LogP contribution is 2.36. The summed E-state index contributed by atoms with van der Waals surface area (Å²) < 4.78 is 11.9. The van der Waals surface area contributed by atoms with Gasteiger partial charge in [-0.1, -0.05) is 38.5 Å². The van der Waals surface area contributed by atoms with Gasteiger partial charge in [0.05, 0.1) is 13.2 Å². The highest BCUT2D eigenvalue weighted by atomic mass is 32.1. The average molecular weight is 397 g/mol. The lowest BCUT2D eigenvalue weighted by molar-refractivity contribution is 0.244. The van der Waals surface area contributed by atoms with Gasteiger partial charge in [-0.05, 0) is 58.5 Å². The molecule has 3 rings (SSSR count). The Kier molecular flexibility index (Phi) is 7.38. The number of phenolic OH excluding ortho intramolecular Hbond substituents is 1. The monoisotopic (exact) mass is 396 g/mol. The van der Waals surface area contributed by atoms with E-state index in [2.05, 4.69) is 26.0 Å². The zero-order chi connectivity index (χ0) is 19.8. The quantitative estimate of drug-likeness (QED) is 0.398. The van der Waals surface area contributed by atoms with Gasteiger partial charge in [-0.2, -0.15) is 11.3 Å². The van der Waals surface area contributed by atoms with E-state index in [0.717, 1.165) is 53.9 Å². The molecule has 4 heteroatoms. The Morgan fingerprint density at radius 2 is 1.71 bits per heavy atom. The van der Waals surface area contributed by atoms with Crippen molar-refractivity contribution >= 4 is 11.3 Å². The fourth-order valence-electron chi connectivity index (χ4n) is 3.22. The van der Waals surface area contributed by atoms with Gasteiger partial charge in [-0.3, -0.25) is 0 Å². The standard InChI is InChI=1S/C24H28O3S/c1-3-8-19-9-5-6-10-23(19)26-12-7-13-27-24-16-22(25)21(15-18(24)4-2)20-11-14-28-17-20/h5-6,9-11,14-17,25H,3-4,7-8,12-13H2,1-2H3. The third-order valence-electron chi connectivity index (χ3n) is 4.69. The van der Waals surface area contributed by atoms with Crippen LogP contribution in [0.3, 0.4) is 0 Å². The number of aromatic hydroxyl groups is 1. The maximum Gasteiger partial charge on any atom is 0.127 e. The third-order valence-corrected chi connectivity index (χ3v) is 5.37. The molecule has 0 atom stereocenters. The van der Waals surface area contributed by atoms with Crippen LogP contribution in [-0.2, 0) is 12.8 Å². The van der Waals surface area contributed by atoms with Gasteiger partial charge in [0.1, 0.15) is 17.2 Å². The zero-order valence-corrected chi connectivity index (χ0v) is 17.4. The number of rotatable bonds is 10. The predicted octanol–water partition coefficient (Wildman–Crippen LogP) is 6.48. The topological polar surface area (TPSA) is 38.7 Å². The van der Waals surface area contributed by atoms with Crippen LogP contribution in [0.5, 0.6) is 17.2 Å². The predicted molar refractivity (Wildman–Crippen MR) is 117 cm³/mol. The van der Waals surface area contributed by atoms with Crippen LogP contribution in [0.15, 0.2) is 53.2 Å². The molecule has 1 aromatic heterocycles. The minimum atomic E-state index is 0.260. The maximum atomic E-state index is 10.4. The second kappa shape index (κ2) is 10.2. The third kappa shape index (κ3) is 5.08. The molecule has 1 N–H and O–H groups in total. The second-order valence-corrected chi connectivity index (χ2v) is 7.53. The molecule has 0 unspecified atom stereocenters. The van der Waals surface area contributed by atoms with E-state index in [9.17, 15) is 5.11 Å². The normalized spacial score (nSPS) is 10.8. The molecule has 1 heterocycles. The van der Waals surface area contributed by atoms with Crippen LogP contribution < -0.4 is 9.47 Å². The van der Waals surface area contributed by atoms with Gasteiger partial charge in [-0.25, -0.2) is 0 Å². The Balaban J connectivity index is 1.56. The van der Waals surface area contributed by atoms with Gasteiger partial charge in [0.25, 0.3) is 0 Å². The Morgan fingerprint density at radius 3 is 2.43 bits per heavy atom. The molecule has 0 radical (unpaired) electrons. The second-order valence-electron chi connectivity index (χ2n) is 6.75. The molecule has 148 valence electrons. The van der Waals surface area contributed by atoms with Crippen molar-refractivity contribution in [2.24, 2.45) is 0 Å². The van der Waals surface area contributed by atoms with Gasteiger partial charge in [0.15, 0.2) is 0 Å². The number of aryl methyl sites for hydroxylation is 2. The van der Waals surface area contributed by atoms with E-state index in [1.165, 1.54) is 5.56 Å².